The average molecular weight is 487 g/mol. The van der Waals surface area contributed by atoms with E-state index in [1.54, 1.807) is 6.20 Å². The molecule has 3 aromatic rings. The van der Waals surface area contributed by atoms with Crippen molar-refractivity contribution in [1.82, 2.24) is 20.4 Å². The number of amides is 1. The number of hydrogen-bond donors (Lipinski definition) is 2. The van der Waals surface area contributed by atoms with Crippen LogP contribution in [0.15, 0.2) is 48.7 Å². The fraction of sp³-hybridized carbons (Fsp3) is 0.385. The van der Waals surface area contributed by atoms with Gasteiger partial charge in [-0.15, -0.1) is 0 Å². The van der Waals surface area contributed by atoms with Crippen molar-refractivity contribution >= 4 is 5.91 Å². The zero-order valence-electron chi connectivity index (χ0n) is 19.8. The zero-order valence-corrected chi connectivity index (χ0v) is 19.8. The smallest absolute Gasteiger partial charge is 0.416 e. The van der Waals surface area contributed by atoms with Crippen molar-refractivity contribution in [2.24, 2.45) is 0 Å². The molecule has 0 atom stereocenters. The number of carbonyl (C=O) groups is 1. The number of nitrogens with one attached hydrogen (secondary N) is 2. The third-order valence-corrected chi connectivity index (χ3v) is 6.33. The molecule has 0 saturated carbocycles. The Balaban J connectivity index is 1.47. The van der Waals surface area contributed by atoms with Gasteiger partial charge in [0, 0.05) is 5.92 Å². The van der Waals surface area contributed by atoms with Gasteiger partial charge in [0.15, 0.2) is 0 Å². The standard InChI is InChI=1S/C26H29F3N4O2/c1-17-6-7-21(14-18(17)2)33-24(19-8-10-30-11-9-19)23(16-32-33)25(34)31-12-13-35-22-5-3-4-20(15-22)26(27,28)29/h3-7,14-16,19,30H,8-13H2,1-2H3,(H,31,34). The molecule has 1 amide bonds. The predicted octanol–water partition coefficient (Wildman–Crippen LogP) is 4.78. The van der Waals surface area contributed by atoms with Gasteiger partial charge in [-0.1, -0.05) is 12.1 Å². The normalized spacial score (nSPS) is 14.7. The van der Waals surface area contributed by atoms with Crippen LogP contribution in [0.1, 0.15) is 51.5 Å². The summed E-state index contributed by atoms with van der Waals surface area (Å²) >= 11 is 0. The fourth-order valence-corrected chi connectivity index (χ4v) is 4.28. The first-order valence-electron chi connectivity index (χ1n) is 11.7. The molecular weight excluding hydrogens is 457 g/mol. The molecular formula is C26H29F3N4O2. The van der Waals surface area contributed by atoms with Gasteiger partial charge in [0.1, 0.15) is 12.4 Å². The Kier molecular flexibility index (Phi) is 7.45. The lowest BCUT2D eigenvalue weighted by molar-refractivity contribution is -0.137. The van der Waals surface area contributed by atoms with E-state index in [4.69, 9.17) is 4.74 Å². The number of nitrogens with zero attached hydrogens (tertiary/aromatic N) is 2. The van der Waals surface area contributed by atoms with Crippen LogP contribution in [-0.2, 0) is 6.18 Å². The summed E-state index contributed by atoms with van der Waals surface area (Å²) in [4.78, 5) is 13.1. The van der Waals surface area contributed by atoms with Crippen molar-refractivity contribution in [2.75, 3.05) is 26.2 Å². The summed E-state index contributed by atoms with van der Waals surface area (Å²) in [6.45, 7) is 6.03. The number of aryl methyl sites for hydroxylation is 2. The molecule has 0 bridgehead atoms. The third kappa shape index (κ3) is 5.85. The molecule has 1 aromatic heterocycles. The highest BCUT2D eigenvalue weighted by molar-refractivity contribution is 5.95. The molecule has 1 saturated heterocycles. The lowest BCUT2D eigenvalue weighted by Crippen LogP contribution is -2.31. The second-order valence-electron chi connectivity index (χ2n) is 8.78. The first-order valence-corrected chi connectivity index (χ1v) is 11.7. The second-order valence-corrected chi connectivity index (χ2v) is 8.78. The maximum atomic E-state index is 13.1. The van der Waals surface area contributed by atoms with Gasteiger partial charge >= 0.3 is 6.18 Å². The molecule has 4 rings (SSSR count). The third-order valence-electron chi connectivity index (χ3n) is 6.33. The first-order chi connectivity index (χ1) is 16.7. The molecule has 186 valence electrons. The number of carbonyl (C=O) groups excluding carboxylic acids is 1. The Labute approximate surface area is 202 Å². The maximum absolute atomic E-state index is 13.1. The van der Waals surface area contributed by atoms with E-state index in [-0.39, 0.29) is 30.7 Å². The number of rotatable bonds is 7. The number of hydrogen-bond acceptors (Lipinski definition) is 4. The molecule has 1 aliphatic rings. The SMILES string of the molecule is Cc1ccc(-n2ncc(C(=O)NCCOc3cccc(C(F)(F)F)c3)c2C2CCNCC2)cc1C. The van der Waals surface area contributed by atoms with Crippen LogP contribution >= 0.6 is 0 Å². The summed E-state index contributed by atoms with van der Waals surface area (Å²) in [5, 5.41) is 10.7. The summed E-state index contributed by atoms with van der Waals surface area (Å²) in [5.41, 5.74) is 3.85. The van der Waals surface area contributed by atoms with Crippen LogP contribution in [0.4, 0.5) is 13.2 Å². The van der Waals surface area contributed by atoms with E-state index in [9.17, 15) is 18.0 Å². The molecule has 0 unspecified atom stereocenters. The number of halogens is 3. The van der Waals surface area contributed by atoms with E-state index in [0.717, 1.165) is 55.0 Å². The van der Waals surface area contributed by atoms with Crippen molar-refractivity contribution in [1.29, 1.82) is 0 Å². The molecule has 1 fully saturated rings. The molecule has 2 N–H and O–H groups in total. The Morgan fingerprint density at radius 3 is 2.63 bits per heavy atom. The summed E-state index contributed by atoms with van der Waals surface area (Å²) < 4.78 is 45.9. The van der Waals surface area contributed by atoms with E-state index in [1.807, 2.05) is 23.7 Å². The first kappa shape index (κ1) is 24.8. The minimum atomic E-state index is -4.44. The lowest BCUT2D eigenvalue weighted by atomic mass is 9.91. The van der Waals surface area contributed by atoms with Crippen LogP contribution in [0.3, 0.4) is 0 Å². The van der Waals surface area contributed by atoms with Crippen LogP contribution in [0.5, 0.6) is 5.75 Å². The molecule has 0 radical (unpaired) electrons. The van der Waals surface area contributed by atoms with E-state index in [1.165, 1.54) is 17.7 Å². The Bertz CT molecular complexity index is 1180. The van der Waals surface area contributed by atoms with E-state index >= 15 is 0 Å². The van der Waals surface area contributed by atoms with Gasteiger partial charge in [-0.3, -0.25) is 4.79 Å². The van der Waals surface area contributed by atoms with Gasteiger partial charge in [0.05, 0.1) is 35.2 Å². The van der Waals surface area contributed by atoms with Crippen LogP contribution in [0, 0.1) is 13.8 Å². The molecule has 6 nitrogen and oxygen atoms in total. The molecule has 9 heteroatoms. The van der Waals surface area contributed by atoms with Crippen molar-refractivity contribution in [3.63, 3.8) is 0 Å². The van der Waals surface area contributed by atoms with E-state index in [2.05, 4.69) is 28.7 Å². The fourth-order valence-electron chi connectivity index (χ4n) is 4.28. The highest BCUT2D eigenvalue weighted by Gasteiger charge is 2.30. The lowest BCUT2D eigenvalue weighted by Gasteiger charge is -2.25. The minimum Gasteiger partial charge on any atom is -0.492 e. The Morgan fingerprint density at radius 2 is 1.91 bits per heavy atom. The molecule has 2 aromatic carbocycles. The topological polar surface area (TPSA) is 68.2 Å². The van der Waals surface area contributed by atoms with Crippen molar-refractivity contribution in [3.8, 4) is 11.4 Å². The van der Waals surface area contributed by atoms with Gasteiger partial charge in [-0.2, -0.15) is 18.3 Å². The number of piperidine rings is 1. The van der Waals surface area contributed by atoms with E-state index < -0.39 is 11.7 Å². The summed E-state index contributed by atoms with van der Waals surface area (Å²) in [7, 11) is 0. The minimum absolute atomic E-state index is 0.0427. The van der Waals surface area contributed by atoms with Gasteiger partial charge in [-0.05, 0) is 81.2 Å². The summed E-state index contributed by atoms with van der Waals surface area (Å²) in [6.07, 6.45) is -1.05. The predicted molar refractivity (Wildman–Crippen MR) is 127 cm³/mol. The molecule has 2 heterocycles. The number of alkyl halides is 3. The van der Waals surface area contributed by atoms with Crippen molar-refractivity contribution in [2.45, 2.75) is 38.8 Å². The number of aromatic nitrogens is 2. The number of benzene rings is 2. The molecule has 35 heavy (non-hydrogen) atoms. The Morgan fingerprint density at radius 1 is 1.14 bits per heavy atom. The molecule has 0 aliphatic carbocycles. The highest BCUT2D eigenvalue weighted by Crippen LogP contribution is 2.32. The van der Waals surface area contributed by atoms with Crippen molar-refractivity contribution in [3.05, 3.63) is 76.6 Å². The molecule has 0 spiro atoms. The van der Waals surface area contributed by atoms with Crippen LogP contribution in [0.2, 0.25) is 0 Å². The largest absolute Gasteiger partial charge is 0.492 e. The van der Waals surface area contributed by atoms with Crippen molar-refractivity contribution < 1.29 is 22.7 Å². The maximum Gasteiger partial charge on any atom is 0.416 e. The van der Waals surface area contributed by atoms with Crippen LogP contribution in [0.25, 0.3) is 5.69 Å². The van der Waals surface area contributed by atoms with E-state index in [0.29, 0.717) is 5.56 Å². The Hall–Kier alpha value is -3.33. The summed E-state index contributed by atoms with van der Waals surface area (Å²) in [6, 6.07) is 10.8. The zero-order chi connectivity index (χ0) is 25.0. The molecule has 1 aliphatic heterocycles. The number of ether oxygens (including phenoxy) is 1. The highest BCUT2D eigenvalue weighted by atomic mass is 19.4. The van der Waals surface area contributed by atoms with Gasteiger partial charge in [-0.25, -0.2) is 4.68 Å². The van der Waals surface area contributed by atoms with Gasteiger partial charge in [0.2, 0.25) is 0 Å². The quantitative estimate of drug-likeness (QED) is 0.472. The van der Waals surface area contributed by atoms with Gasteiger partial charge < -0.3 is 15.4 Å². The monoisotopic (exact) mass is 486 g/mol. The van der Waals surface area contributed by atoms with Crippen LogP contribution in [-0.4, -0.2) is 41.9 Å². The second kappa shape index (κ2) is 10.5. The van der Waals surface area contributed by atoms with Gasteiger partial charge in [0.25, 0.3) is 5.91 Å². The average Bonchev–Trinajstić information content (AvgIpc) is 3.29. The van der Waals surface area contributed by atoms with Crippen LogP contribution < -0.4 is 15.4 Å². The summed E-state index contributed by atoms with van der Waals surface area (Å²) in [5.74, 6) is 0.00996.